The molecular formula is C18H19F3O2. The molecule has 2 fully saturated rings. The molecule has 2 atom stereocenters. The number of hydrogen-bond acceptors (Lipinski definition) is 2. The number of benzene rings is 1. The molecule has 0 amide bonds. The predicted octanol–water partition coefficient (Wildman–Crippen LogP) is 4.57. The molecule has 124 valence electrons. The molecule has 0 unspecified atom stereocenters. The Bertz CT molecular complexity index is 641. The van der Waals surface area contributed by atoms with Gasteiger partial charge in [-0.25, -0.2) is 13.2 Å². The van der Waals surface area contributed by atoms with Crippen molar-refractivity contribution in [2.45, 2.75) is 50.9 Å². The lowest BCUT2D eigenvalue weighted by Crippen LogP contribution is -2.42. The molecule has 2 aliphatic rings. The van der Waals surface area contributed by atoms with E-state index < -0.39 is 23.1 Å². The molecule has 0 saturated heterocycles. The lowest BCUT2D eigenvalue weighted by atomic mass is 9.65. The van der Waals surface area contributed by atoms with Gasteiger partial charge in [-0.2, -0.15) is 0 Å². The highest BCUT2D eigenvalue weighted by molar-refractivity contribution is 5.96. The van der Waals surface area contributed by atoms with E-state index in [0.717, 1.165) is 6.07 Å². The summed E-state index contributed by atoms with van der Waals surface area (Å²) in [4.78, 5) is 24.4. The number of carbonyl (C=O) groups is 2. The lowest BCUT2D eigenvalue weighted by molar-refractivity contribution is -0.143. The van der Waals surface area contributed by atoms with Crippen LogP contribution in [-0.4, -0.2) is 17.5 Å². The number of ketones is 2. The Morgan fingerprint density at radius 1 is 1.26 bits per heavy atom. The van der Waals surface area contributed by atoms with Crippen LogP contribution in [0.4, 0.5) is 13.2 Å². The largest absolute Gasteiger partial charge is 0.299 e. The van der Waals surface area contributed by atoms with Crippen molar-refractivity contribution in [3.63, 3.8) is 0 Å². The van der Waals surface area contributed by atoms with Crippen LogP contribution in [0.3, 0.4) is 0 Å². The van der Waals surface area contributed by atoms with Gasteiger partial charge < -0.3 is 0 Å². The molecule has 0 heterocycles. The Balaban J connectivity index is 1.77. The molecule has 2 saturated carbocycles. The van der Waals surface area contributed by atoms with Crippen LogP contribution in [0.25, 0.3) is 0 Å². The SMILES string of the molecule is O=C(C[C@@H]1CC(F)(F)C[C@@]2(CCCC2=O)C1)c1cccc(F)c1. The highest BCUT2D eigenvalue weighted by Gasteiger charge is 2.54. The molecule has 0 aromatic heterocycles. The molecule has 0 N–H and O–H groups in total. The number of Topliss-reactive ketones (excluding diaryl/α,β-unsaturated/α-hetero) is 2. The molecule has 0 radical (unpaired) electrons. The zero-order chi connectivity index (χ0) is 16.7. The van der Waals surface area contributed by atoms with Crippen LogP contribution < -0.4 is 0 Å². The monoisotopic (exact) mass is 324 g/mol. The van der Waals surface area contributed by atoms with E-state index in [2.05, 4.69) is 0 Å². The third-order valence-corrected chi connectivity index (χ3v) is 5.14. The first-order valence-corrected chi connectivity index (χ1v) is 8.00. The molecule has 1 aromatic carbocycles. The Morgan fingerprint density at radius 2 is 2.04 bits per heavy atom. The Labute approximate surface area is 133 Å². The topological polar surface area (TPSA) is 34.1 Å². The minimum Gasteiger partial charge on any atom is -0.299 e. The molecule has 2 aliphatic carbocycles. The fraction of sp³-hybridized carbons (Fsp3) is 0.556. The van der Waals surface area contributed by atoms with Gasteiger partial charge in [-0.05, 0) is 37.3 Å². The minimum atomic E-state index is -2.91. The van der Waals surface area contributed by atoms with Crippen molar-refractivity contribution in [1.82, 2.24) is 0 Å². The van der Waals surface area contributed by atoms with Crippen molar-refractivity contribution in [2.75, 3.05) is 0 Å². The number of rotatable bonds is 3. The predicted molar refractivity (Wildman–Crippen MR) is 78.9 cm³/mol. The fourth-order valence-corrected chi connectivity index (χ4v) is 4.27. The van der Waals surface area contributed by atoms with Crippen LogP contribution in [0.15, 0.2) is 24.3 Å². The van der Waals surface area contributed by atoms with E-state index in [-0.39, 0.29) is 36.4 Å². The van der Waals surface area contributed by atoms with Crippen LogP contribution in [0, 0.1) is 17.2 Å². The van der Waals surface area contributed by atoms with Gasteiger partial charge in [0.05, 0.1) is 0 Å². The molecule has 1 spiro atoms. The second-order valence-corrected chi connectivity index (χ2v) is 7.00. The highest BCUT2D eigenvalue weighted by atomic mass is 19.3. The smallest absolute Gasteiger partial charge is 0.249 e. The summed E-state index contributed by atoms with van der Waals surface area (Å²) >= 11 is 0. The van der Waals surface area contributed by atoms with E-state index in [1.165, 1.54) is 18.2 Å². The van der Waals surface area contributed by atoms with Gasteiger partial charge in [0.15, 0.2) is 5.78 Å². The zero-order valence-corrected chi connectivity index (χ0v) is 12.8. The van der Waals surface area contributed by atoms with Crippen LogP contribution in [-0.2, 0) is 4.79 Å². The van der Waals surface area contributed by atoms with Crippen molar-refractivity contribution in [3.05, 3.63) is 35.6 Å². The molecule has 1 aromatic rings. The minimum absolute atomic E-state index is 0.0614. The van der Waals surface area contributed by atoms with Gasteiger partial charge in [0.2, 0.25) is 5.92 Å². The fourth-order valence-electron chi connectivity index (χ4n) is 4.27. The Hall–Kier alpha value is -1.65. The quantitative estimate of drug-likeness (QED) is 0.763. The van der Waals surface area contributed by atoms with Gasteiger partial charge >= 0.3 is 0 Å². The summed E-state index contributed by atoms with van der Waals surface area (Å²) in [5.41, 5.74) is -0.750. The molecule has 5 heteroatoms. The molecule has 0 aliphatic heterocycles. The van der Waals surface area contributed by atoms with E-state index in [1.54, 1.807) is 0 Å². The lowest BCUT2D eigenvalue weighted by Gasteiger charge is -2.41. The standard InChI is InChI=1S/C18H19F3O2/c19-14-4-1-3-13(8-14)15(22)7-12-9-17(6-2-5-16(17)23)11-18(20,21)10-12/h1,3-4,8,12H,2,5-7,9-11H2/t12-,17+/m0/s1. The van der Waals surface area contributed by atoms with Crippen LogP contribution in [0.1, 0.15) is 55.3 Å². The molecular weight excluding hydrogens is 305 g/mol. The van der Waals surface area contributed by atoms with E-state index in [1.807, 2.05) is 0 Å². The molecule has 0 bridgehead atoms. The van der Waals surface area contributed by atoms with Crippen molar-refractivity contribution in [1.29, 1.82) is 0 Å². The number of carbonyl (C=O) groups excluding carboxylic acids is 2. The van der Waals surface area contributed by atoms with E-state index >= 15 is 0 Å². The van der Waals surface area contributed by atoms with Gasteiger partial charge in [0.25, 0.3) is 0 Å². The first kappa shape index (κ1) is 16.2. The van der Waals surface area contributed by atoms with Gasteiger partial charge in [-0.15, -0.1) is 0 Å². The van der Waals surface area contributed by atoms with Crippen LogP contribution >= 0.6 is 0 Å². The van der Waals surface area contributed by atoms with Gasteiger partial charge in [0.1, 0.15) is 11.6 Å². The molecule has 2 nitrogen and oxygen atoms in total. The normalized spacial score (nSPS) is 29.9. The molecule has 3 rings (SSSR count). The number of hydrogen-bond donors (Lipinski definition) is 0. The van der Waals surface area contributed by atoms with Crippen molar-refractivity contribution in [3.8, 4) is 0 Å². The zero-order valence-electron chi connectivity index (χ0n) is 12.8. The summed E-state index contributed by atoms with van der Waals surface area (Å²) in [6.07, 6.45) is 1.04. The van der Waals surface area contributed by atoms with Gasteiger partial charge in [0, 0.05) is 36.7 Å². The maximum Gasteiger partial charge on any atom is 0.249 e. The number of alkyl halides is 2. The van der Waals surface area contributed by atoms with Crippen molar-refractivity contribution in [2.24, 2.45) is 11.3 Å². The van der Waals surface area contributed by atoms with E-state index in [9.17, 15) is 22.8 Å². The first-order valence-electron chi connectivity index (χ1n) is 8.00. The van der Waals surface area contributed by atoms with Gasteiger partial charge in [-0.1, -0.05) is 12.1 Å². The van der Waals surface area contributed by atoms with E-state index in [4.69, 9.17) is 0 Å². The summed E-state index contributed by atoms with van der Waals surface area (Å²) in [7, 11) is 0. The third-order valence-electron chi connectivity index (χ3n) is 5.14. The maximum atomic E-state index is 14.1. The summed E-state index contributed by atoms with van der Waals surface area (Å²) in [6, 6.07) is 5.28. The first-order chi connectivity index (χ1) is 10.8. The third kappa shape index (κ3) is 3.33. The highest BCUT2D eigenvalue weighted by Crippen LogP contribution is 2.54. The summed E-state index contributed by atoms with van der Waals surface area (Å²) in [5, 5.41) is 0. The summed E-state index contributed by atoms with van der Waals surface area (Å²) in [5.74, 6) is -4.39. The number of halogens is 3. The van der Waals surface area contributed by atoms with Crippen molar-refractivity contribution < 1.29 is 22.8 Å². The summed E-state index contributed by atoms with van der Waals surface area (Å²) < 4.78 is 41.4. The maximum absolute atomic E-state index is 14.1. The Morgan fingerprint density at radius 3 is 2.70 bits per heavy atom. The van der Waals surface area contributed by atoms with Crippen LogP contribution in [0.2, 0.25) is 0 Å². The Kier molecular flexibility index (Phi) is 4.07. The average molecular weight is 324 g/mol. The van der Waals surface area contributed by atoms with Gasteiger partial charge in [-0.3, -0.25) is 9.59 Å². The second kappa shape index (κ2) is 5.77. The second-order valence-electron chi connectivity index (χ2n) is 7.00. The van der Waals surface area contributed by atoms with Crippen molar-refractivity contribution >= 4 is 11.6 Å². The van der Waals surface area contributed by atoms with E-state index in [0.29, 0.717) is 25.7 Å². The van der Waals surface area contributed by atoms with Crippen LogP contribution in [0.5, 0.6) is 0 Å². The summed E-state index contributed by atoms with van der Waals surface area (Å²) in [6.45, 7) is 0. The molecule has 23 heavy (non-hydrogen) atoms. The average Bonchev–Trinajstić information content (AvgIpc) is 2.77.